The topological polar surface area (TPSA) is 94.7 Å². The monoisotopic (exact) mass is 386 g/mol. The van der Waals surface area contributed by atoms with E-state index in [0.717, 1.165) is 30.6 Å². The Morgan fingerprint density at radius 3 is 2.78 bits per heavy atom. The highest BCUT2D eigenvalue weighted by molar-refractivity contribution is 7.80. The molecule has 0 saturated carbocycles. The fourth-order valence-electron chi connectivity index (χ4n) is 3.23. The molecule has 1 aromatic carbocycles. The molecule has 1 aliphatic carbocycles. The average Bonchev–Trinajstić information content (AvgIpc) is 3.03. The summed E-state index contributed by atoms with van der Waals surface area (Å²) >= 11 is 4.88. The predicted molar refractivity (Wildman–Crippen MR) is 105 cm³/mol. The van der Waals surface area contributed by atoms with Crippen LogP contribution in [0.3, 0.4) is 0 Å². The van der Waals surface area contributed by atoms with Crippen LogP contribution >= 0.6 is 12.2 Å². The third-order valence-electron chi connectivity index (χ3n) is 4.57. The van der Waals surface area contributed by atoms with E-state index in [0.29, 0.717) is 29.6 Å². The first-order chi connectivity index (χ1) is 13.0. The third kappa shape index (κ3) is 5.17. The van der Waals surface area contributed by atoms with Crippen LogP contribution in [-0.2, 0) is 11.2 Å². The molecule has 2 aromatic rings. The molecule has 1 heterocycles. The largest absolute Gasteiger partial charge is 0.493 e. The average molecular weight is 386 g/mol. The van der Waals surface area contributed by atoms with Crippen LogP contribution in [0, 0.1) is 0 Å². The van der Waals surface area contributed by atoms with Crippen molar-refractivity contribution < 1.29 is 19.4 Å². The molecule has 3 rings (SSSR count). The van der Waals surface area contributed by atoms with Gasteiger partial charge in [0.05, 0.1) is 19.6 Å². The van der Waals surface area contributed by atoms with Crippen LogP contribution < -0.4 is 15.2 Å². The lowest BCUT2D eigenvalue weighted by molar-refractivity contribution is -0.137. The molecule has 0 aliphatic heterocycles. The maximum atomic E-state index is 10.9. The number of fused-ring (bicyclic) bond motifs is 1. The Labute approximate surface area is 163 Å². The van der Waals surface area contributed by atoms with Crippen molar-refractivity contribution in [1.82, 2.24) is 4.98 Å². The van der Waals surface area contributed by atoms with Crippen LogP contribution in [0.2, 0.25) is 0 Å². The minimum atomic E-state index is -0.747. The number of hydrogen-bond donors (Lipinski definition) is 2. The molecule has 27 heavy (non-hydrogen) atoms. The van der Waals surface area contributed by atoms with Crippen LogP contribution in [0.25, 0.3) is 0 Å². The van der Waals surface area contributed by atoms with E-state index in [-0.39, 0.29) is 12.3 Å². The molecule has 0 unspecified atom stereocenters. The maximum Gasteiger partial charge on any atom is 0.303 e. The van der Waals surface area contributed by atoms with Crippen molar-refractivity contribution in [2.45, 2.75) is 31.6 Å². The number of aliphatic carboxylic acids is 1. The summed E-state index contributed by atoms with van der Waals surface area (Å²) in [7, 11) is 0. The number of rotatable bonds is 9. The molecule has 0 fully saturated rings. The molecule has 142 valence electrons. The Morgan fingerprint density at radius 1 is 1.26 bits per heavy atom. The van der Waals surface area contributed by atoms with Crippen LogP contribution in [0.5, 0.6) is 11.6 Å². The molecule has 1 aliphatic rings. The fraction of sp³-hybridized carbons (Fsp3) is 0.350. The smallest absolute Gasteiger partial charge is 0.303 e. The zero-order chi connectivity index (χ0) is 19.2. The van der Waals surface area contributed by atoms with E-state index in [1.165, 1.54) is 5.56 Å². The van der Waals surface area contributed by atoms with Gasteiger partial charge in [0.25, 0.3) is 0 Å². The van der Waals surface area contributed by atoms with E-state index in [1.807, 2.05) is 18.2 Å². The molecule has 0 saturated heterocycles. The molecule has 0 amide bonds. The number of benzene rings is 1. The van der Waals surface area contributed by atoms with Gasteiger partial charge in [-0.1, -0.05) is 18.3 Å². The second kappa shape index (κ2) is 8.81. The number of aryl methyl sites for hydroxylation is 1. The highest BCUT2D eigenvalue weighted by Crippen LogP contribution is 2.37. The van der Waals surface area contributed by atoms with Gasteiger partial charge in [-0.2, -0.15) is 0 Å². The van der Waals surface area contributed by atoms with E-state index in [4.69, 9.17) is 32.5 Å². The van der Waals surface area contributed by atoms with Gasteiger partial charge >= 0.3 is 5.97 Å². The fourth-order valence-corrected chi connectivity index (χ4v) is 3.35. The van der Waals surface area contributed by atoms with Crippen LogP contribution in [0.4, 0.5) is 0 Å². The normalized spacial score (nSPS) is 15.2. The lowest BCUT2D eigenvalue weighted by Gasteiger charge is -2.11. The van der Waals surface area contributed by atoms with Crippen LogP contribution in [-0.4, -0.2) is 34.3 Å². The highest BCUT2D eigenvalue weighted by atomic mass is 32.1. The molecule has 7 heteroatoms. The second-order valence-corrected chi connectivity index (χ2v) is 6.93. The number of hydrogen-bond acceptors (Lipinski definition) is 5. The number of carbonyl (C=O) groups is 1. The Bertz CT molecular complexity index is 823. The van der Waals surface area contributed by atoms with E-state index < -0.39 is 5.97 Å². The Kier molecular flexibility index (Phi) is 6.24. The van der Waals surface area contributed by atoms with Gasteiger partial charge in [0.2, 0.25) is 5.88 Å². The lowest BCUT2D eigenvalue weighted by atomic mass is 9.98. The molecule has 0 spiro atoms. The highest BCUT2D eigenvalue weighted by Gasteiger charge is 2.24. The molecule has 6 nitrogen and oxygen atoms in total. The summed E-state index contributed by atoms with van der Waals surface area (Å²) < 4.78 is 11.4. The number of carboxylic acid groups (broad SMARTS) is 1. The van der Waals surface area contributed by atoms with Crippen molar-refractivity contribution in [3.63, 3.8) is 0 Å². The summed E-state index contributed by atoms with van der Waals surface area (Å²) in [6.45, 7) is 1.02. The number of nitrogens with two attached hydrogens (primary N) is 1. The van der Waals surface area contributed by atoms with Gasteiger partial charge in [0.1, 0.15) is 10.7 Å². The summed E-state index contributed by atoms with van der Waals surface area (Å²) in [4.78, 5) is 15.4. The first-order valence-electron chi connectivity index (χ1n) is 8.89. The molecule has 0 bridgehead atoms. The van der Waals surface area contributed by atoms with Gasteiger partial charge in [-0.15, -0.1) is 0 Å². The molecule has 1 atom stereocenters. The molecular weight excluding hydrogens is 364 g/mol. The minimum Gasteiger partial charge on any atom is -0.493 e. The van der Waals surface area contributed by atoms with Crippen molar-refractivity contribution >= 4 is 23.2 Å². The van der Waals surface area contributed by atoms with E-state index >= 15 is 0 Å². The molecular formula is C20H22N2O4S. The first kappa shape index (κ1) is 19.1. The summed E-state index contributed by atoms with van der Waals surface area (Å²) in [5, 5.41) is 8.99. The van der Waals surface area contributed by atoms with Gasteiger partial charge < -0.3 is 20.3 Å². The molecule has 3 N–H and O–H groups in total. The Hall–Kier alpha value is -2.67. The number of ether oxygens (including phenoxy) is 2. The maximum absolute atomic E-state index is 10.9. The van der Waals surface area contributed by atoms with Crippen molar-refractivity contribution in [3.8, 4) is 11.6 Å². The summed E-state index contributed by atoms with van der Waals surface area (Å²) in [5.41, 5.74) is 8.57. The number of thiocarbonyl (C=S) groups is 1. The van der Waals surface area contributed by atoms with E-state index in [2.05, 4.69) is 4.98 Å². The SMILES string of the molecule is NC(=S)c1ccc(OCCCOc2ccc3c(c2)CC[C@H]3CC(=O)O)nc1. The standard InChI is InChI=1S/C20H22N2O4S/c21-20(27)15-4-7-18(22-12-15)26-9-1-8-25-16-5-6-17-13(10-16)2-3-14(17)11-19(23)24/h4-7,10,12,14H,1-3,8-9,11H2,(H2,21,27)(H,23,24)/t14-/m0/s1. The number of pyridine rings is 1. The number of aromatic nitrogens is 1. The summed E-state index contributed by atoms with van der Waals surface area (Å²) in [6.07, 6.45) is 4.30. The van der Waals surface area contributed by atoms with Gasteiger partial charge in [-0.25, -0.2) is 4.98 Å². The Morgan fingerprint density at radius 2 is 2.07 bits per heavy atom. The summed E-state index contributed by atoms with van der Waals surface area (Å²) in [6, 6.07) is 9.45. The van der Waals surface area contributed by atoms with E-state index in [9.17, 15) is 4.79 Å². The predicted octanol–water partition coefficient (Wildman–Crippen LogP) is 3.07. The van der Waals surface area contributed by atoms with Crippen molar-refractivity contribution in [2.24, 2.45) is 5.73 Å². The van der Waals surface area contributed by atoms with E-state index in [1.54, 1.807) is 18.3 Å². The van der Waals surface area contributed by atoms with Crippen molar-refractivity contribution in [2.75, 3.05) is 13.2 Å². The third-order valence-corrected chi connectivity index (χ3v) is 4.80. The van der Waals surface area contributed by atoms with Gasteiger partial charge in [0, 0.05) is 24.2 Å². The van der Waals surface area contributed by atoms with Crippen molar-refractivity contribution in [3.05, 3.63) is 53.2 Å². The minimum absolute atomic E-state index is 0.118. The quantitative estimate of drug-likeness (QED) is 0.505. The Balaban J connectivity index is 1.42. The first-order valence-corrected chi connectivity index (χ1v) is 9.30. The van der Waals surface area contributed by atoms with Crippen molar-refractivity contribution in [1.29, 1.82) is 0 Å². The zero-order valence-electron chi connectivity index (χ0n) is 14.9. The van der Waals surface area contributed by atoms with Gasteiger partial charge in [0.15, 0.2) is 0 Å². The lowest BCUT2D eigenvalue weighted by Crippen LogP contribution is -2.10. The second-order valence-electron chi connectivity index (χ2n) is 6.49. The van der Waals surface area contributed by atoms with Gasteiger partial charge in [-0.05, 0) is 48.1 Å². The molecule has 0 radical (unpaired) electrons. The van der Waals surface area contributed by atoms with Crippen LogP contribution in [0.1, 0.15) is 41.9 Å². The number of nitrogens with zero attached hydrogens (tertiary/aromatic N) is 1. The molecule has 1 aromatic heterocycles. The zero-order valence-corrected chi connectivity index (χ0v) is 15.7. The van der Waals surface area contributed by atoms with Gasteiger partial charge in [-0.3, -0.25) is 4.79 Å². The summed E-state index contributed by atoms with van der Waals surface area (Å²) in [5.74, 6) is 0.705. The van der Waals surface area contributed by atoms with Crippen LogP contribution in [0.15, 0.2) is 36.5 Å². The number of carboxylic acids is 1.